The van der Waals surface area contributed by atoms with Crippen LogP contribution in [0, 0.1) is 0 Å². The van der Waals surface area contributed by atoms with Gasteiger partial charge in [-0.15, -0.1) is 0 Å². The van der Waals surface area contributed by atoms with E-state index < -0.39 is 38.4 Å². The van der Waals surface area contributed by atoms with E-state index in [9.17, 15) is 22.8 Å². The number of hydrogen-bond donors (Lipinski definition) is 1. The molecule has 1 saturated heterocycles. The number of alkyl halides is 3. The minimum atomic E-state index is -4.39. The molecule has 6 rings (SSSR count). The van der Waals surface area contributed by atoms with Crippen LogP contribution in [0.1, 0.15) is 16.7 Å². The van der Waals surface area contributed by atoms with Crippen molar-refractivity contribution in [1.29, 1.82) is 0 Å². The van der Waals surface area contributed by atoms with Gasteiger partial charge in [0.1, 0.15) is 0 Å². The molecule has 28 heavy (non-hydrogen) atoms. The molecule has 4 aliphatic rings. The molecule has 2 aromatic carbocycles. The molecule has 0 aromatic heterocycles. The third-order valence-electron chi connectivity index (χ3n) is 5.75. The second-order valence-electron chi connectivity index (χ2n) is 7.18. The van der Waals surface area contributed by atoms with E-state index in [1.165, 1.54) is 9.39 Å². The van der Waals surface area contributed by atoms with Crippen LogP contribution in [0.25, 0.3) is 5.57 Å². The molecule has 2 bridgehead atoms. The van der Waals surface area contributed by atoms with E-state index in [0.29, 0.717) is 0 Å². The fraction of sp³-hybridized carbons (Fsp3) is 0.200. The van der Waals surface area contributed by atoms with Crippen molar-refractivity contribution in [1.82, 2.24) is 5.32 Å². The van der Waals surface area contributed by atoms with Gasteiger partial charge >= 0.3 is 171 Å². The van der Waals surface area contributed by atoms with Gasteiger partial charge in [-0.1, -0.05) is 0 Å². The average molecular weight is 503 g/mol. The number of thioether (sulfide) groups is 1. The van der Waals surface area contributed by atoms with E-state index in [2.05, 4.69) is 11.4 Å². The van der Waals surface area contributed by atoms with Crippen LogP contribution in [0.4, 0.5) is 18.0 Å². The fourth-order valence-corrected chi connectivity index (χ4v) is 19.2. The number of nitrogens with one attached hydrogen (secondary N) is 1. The number of rotatable bonds is 3. The summed E-state index contributed by atoms with van der Waals surface area (Å²) < 4.78 is 42.7. The van der Waals surface area contributed by atoms with Crippen molar-refractivity contribution in [2.75, 3.05) is 0 Å². The summed E-state index contributed by atoms with van der Waals surface area (Å²) in [5.41, 5.74) is 1.80. The zero-order valence-electron chi connectivity index (χ0n) is 14.4. The Morgan fingerprint density at radius 1 is 1.04 bits per heavy atom. The van der Waals surface area contributed by atoms with E-state index in [1.54, 1.807) is 12.1 Å². The fourth-order valence-electron chi connectivity index (χ4n) is 4.71. The Labute approximate surface area is 170 Å². The number of carbonyl (C=O) groups is 2. The molecule has 1 N–H and O–H groups in total. The maximum atomic E-state index is 13.4. The van der Waals surface area contributed by atoms with Crippen LogP contribution in [-0.2, 0) is 17.4 Å². The number of allylic oxidation sites excluding steroid dienone is 2. The summed E-state index contributed by atoms with van der Waals surface area (Å²) in [7, 11) is 0. The molecular weight excluding hydrogens is 490 g/mol. The number of halogens is 3. The van der Waals surface area contributed by atoms with Crippen LogP contribution >= 0.6 is 11.8 Å². The summed E-state index contributed by atoms with van der Waals surface area (Å²) in [6.07, 6.45) is -4.11. The summed E-state index contributed by atoms with van der Waals surface area (Å²) in [5.74, 6) is -0.262. The summed E-state index contributed by atoms with van der Waals surface area (Å²) in [6, 6.07) is 13.6. The molecule has 2 amide bonds. The zero-order chi connectivity index (χ0) is 19.6. The van der Waals surface area contributed by atoms with Gasteiger partial charge in [-0.2, -0.15) is 0 Å². The van der Waals surface area contributed by atoms with Gasteiger partial charge in [0.05, 0.1) is 0 Å². The van der Waals surface area contributed by atoms with Crippen LogP contribution in [0.3, 0.4) is 0 Å². The van der Waals surface area contributed by atoms with Gasteiger partial charge < -0.3 is 0 Å². The monoisotopic (exact) mass is 503 g/mol. The maximum absolute atomic E-state index is 13.4. The van der Waals surface area contributed by atoms with E-state index in [0.717, 1.165) is 32.3 Å². The van der Waals surface area contributed by atoms with Gasteiger partial charge in [0, 0.05) is 0 Å². The number of imide groups is 1. The van der Waals surface area contributed by atoms with Crippen molar-refractivity contribution >= 4 is 53.2 Å². The van der Waals surface area contributed by atoms with Crippen LogP contribution in [0.5, 0.6) is 0 Å². The van der Waals surface area contributed by atoms with Crippen LogP contribution < -0.4 is 8.64 Å². The Morgan fingerprint density at radius 2 is 1.75 bits per heavy atom. The molecule has 8 heteroatoms. The van der Waals surface area contributed by atoms with E-state index in [4.69, 9.17) is 0 Å². The van der Waals surface area contributed by atoms with Gasteiger partial charge in [0.25, 0.3) is 0 Å². The molecule has 4 aliphatic heterocycles. The number of carbonyl (C=O) groups excluding carboxylic acids is 2. The van der Waals surface area contributed by atoms with Gasteiger partial charge in [0.2, 0.25) is 0 Å². The second-order valence-corrected chi connectivity index (χ2v) is 16.8. The molecule has 0 aliphatic carbocycles. The van der Waals surface area contributed by atoms with Crippen LogP contribution in [0.15, 0.2) is 51.9 Å². The van der Waals surface area contributed by atoms with Crippen molar-refractivity contribution in [2.45, 2.75) is 21.5 Å². The molecule has 0 spiro atoms. The number of hydrogen-bond acceptors (Lipinski definition) is 3. The number of amides is 2. The zero-order valence-corrected chi connectivity index (χ0v) is 18.5. The Morgan fingerprint density at radius 3 is 2.43 bits per heavy atom. The Balaban J connectivity index is 1.56. The molecule has 0 radical (unpaired) electrons. The van der Waals surface area contributed by atoms with Crippen molar-refractivity contribution in [2.24, 2.45) is 0 Å². The summed E-state index contributed by atoms with van der Waals surface area (Å²) in [5, 5.41) is 1.59. The predicted octanol–water partition coefficient (Wildman–Crippen LogP) is 3.69. The van der Waals surface area contributed by atoms with Crippen molar-refractivity contribution in [3.8, 4) is 0 Å². The van der Waals surface area contributed by atoms with Crippen LogP contribution in [0.2, 0.25) is 3.67 Å². The first-order valence-corrected chi connectivity index (χ1v) is 14.9. The number of benzene rings is 2. The normalized spacial score (nSPS) is 23.0. The molecule has 1 fully saturated rings. The standard InChI is InChI=1S/C20H13F3NO2S.In/c21-20(22,23)16-9-5-4-8-14(16)10-11-15(13-6-2-1-3-7-13)12-17-18(25)24-19(26)27-17;/h1-6,8-9,12,17H,10H2,(H,24,25,26);. The van der Waals surface area contributed by atoms with Crippen molar-refractivity contribution < 1.29 is 22.8 Å². The Kier molecular flexibility index (Phi) is 4.21. The van der Waals surface area contributed by atoms with Crippen LogP contribution in [-0.4, -0.2) is 37.8 Å². The van der Waals surface area contributed by atoms with Crippen molar-refractivity contribution in [3.63, 3.8) is 0 Å². The van der Waals surface area contributed by atoms with E-state index in [-0.39, 0.29) is 26.8 Å². The van der Waals surface area contributed by atoms with E-state index in [1.807, 2.05) is 18.2 Å². The summed E-state index contributed by atoms with van der Waals surface area (Å²) >= 11 is -1.66. The second kappa shape index (κ2) is 6.42. The first-order valence-electron chi connectivity index (χ1n) is 8.85. The average Bonchev–Trinajstić information content (AvgIpc) is 3.25. The topological polar surface area (TPSA) is 46.2 Å². The molecule has 140 valence electrons. The molecule has 2 aromatic rings. The Bertz CT molecular complexity index is 1070. The Hall–Kier alpha value is -1.67. The van der Waals surface area contributed by atoms with Gasteiger partial charge in [-0.3, -0.25) is 0 Å². The summed E-state index contributed by atoms with van der Waals surface area (Å²) in [6.45, 7) is 0. The predicted molar refractivity (Wildman–Crippen MR) is 103 cm³/mol. The molecule has 3 nitrogen and oxygen atoms in total. The van der Waals surface area contributed by atoms with Gasteiger partial charge in [-0.05, 0) is 0 Å². The van der Waals surface area contributed by atoms with Gasteiger partial charge in [-0.25, -0.2) is 0 Å². The van der Waals surface area contributed by atoms with E-state index >= 15 is 0 Å². The third-order valence-corrected chi connectivity index (χ3v) is 18.7. The first-order chi connectivity index (χ1) is 13.4. The molecule has 2 unspecified atom stereocenters. The third kappa shape index (κ3) is 2.68. The quantitative estimate of drug-likeness (QED) is 0.696. The molecule has 2 atom stereocenters. The first kappa shape index (κ1) is 18.4. The molecule has 4 heterocycles. The molecule has 0 saturated carbocycles. The summed E-state index contributed by atoms with van der Waals surface area (Å²) in [4.78, 5) is 23.9. The SMILES string of the molecule is O=C1NC(=O)C([CH]2C3=[C](Cc4ccccc4C(F)(F)F)[In]2[c]2ccccc23)S1. The minimum absolute atomic E-state index is 0.0451. The van der Waals surface area contributed by atoms with Gasteiger partial charge in [0.15, 0.2) is 0 Å². The molecular formula is C20H13F3InNO2S. The van der Waals surface area contributed by atoms with Crippen molar-refractivity contribution in [3.05, 3.63) is 68.6 Å².